The SMILES string of the molecule is CC(C)c1cc(C(=O)O)c2ccn(CCN3CCOCC3)c2c1. The summed E-state index contributed by atoms with van der Waals surface area (Å²) in [5.74, 6) is -0.552. The Balaban J connectivity index is 1.89. The van der Waals surface area contributed by atoms with Gasteiger partial charge in [-0.05, 0) is 29.7 Å². The third kappa shape index (κ3) is 3.41. The number of benzene rings is 1. The molecule has 0 saturated carbocycles. The number of nitrogens with zero attached hydrogens (tertiary/aromatic N) is 2. The highest BCUT2D eigenvalue weighted by atomic mass is 16.5. The van der Waals surface area contributed by atoms with E-state index in [-0.39, 0.29) is 0 Å². The second-order valence-corrected chi connectivity index (χ2v) is 6.42. The van der Waals surface area contributed by atoms with Crippen molar-refractivity contribution in [3.63, 3.8) is 0 Å². The molecule has 1 aliphatic heterocycles. The molecule has 2 aromatic rings. The van der Waals surface area contributed by atoms with Crippen molar-refractivity contribution in [2.24, 2.45) is 0 Å². The first kappa shape index (κ1) is 16.0. The zero-order valence-corrected chi connectivity index (χ0v) is 13.8. The van der Waals surface area contributed by atoms with E-state index in [1.54, 1.807) is 0 Å². The van der Waals surface area contributed by atoms with Crippen molar-refractivity contribution in [3.05, 3.63) is 35.5 Å². The molecule has 0 bridgehead atoms. The number of fused-ring (bicyclic) bond motifs is 1. The van der Waals surface area contributed by atoms with Crippen LogP contribution in [-0.4, -0.2) is 53.4 Å². The number of aromatic carboxylic acids is 1. The molecule has 124 valence electrons. The third-order valence-corrected chi connectivity index (χ3v) is 4.57. The van der Waals surface area contributed by atoms with Crippen LogP contribution in [-0.2, 0) is 11.3 Å². The first-order valence-corrected chi connectivity index (χ1v) is 8.22. The van der Waals surface area contributed by atoms with Gasteiger partial charge in [0.2, 0.25) is 0 Å². The third-order valence-electron chi connectivity index (χ3n) is 4.57. The summed E-state index contributed by atoms with van der Waals surface area (Å²) in [6.07, 6.45) is 2.00. The molecule has 2 heterocycles. The Hall–Kier alpha value is -1.85. The highest BCUT2D eigenvalue weighted by Crippen LogP contribution is 2.26. The average molecular weight is 316 g/mol. The van der Waals surface area contributed by atoms with Gasteiger partial charge in [0.1, 0.15) is 0 Å². The Bertz CT molecular complexity index is 700. The number of rotatable bonds is 5. The van der Waals surface area contributed by atoms with Crippen LogP contribution >= 0.6 is 0 Å². The Morgan fingerprint density at radius 2 is 2.00 bits per heavy atom. The monoisotopic (exact) mass is 316 g/mol. The smallest absolute Gasteiger partial charge is 0.336 e. The van der Waals surface area contributed by atoms with Crippen molar-refractivity contribution in [2.75, 3.05) is 32.8 Å². The topological polar surface area (TPSA) is 54.7 Å². The van der Waals surface area contributed by atoms with Crippen LogP contribution in [0.5, 0.6) is 0 Å². The zero-order valence-electron chi connectivity index (χ0n) is 13.8. The maximum atomic E-state index is 11.6. The summed E-state index contributed by atoms with van der Waals surface area (Å²) in [6, 6.07) is 5.86. The first-order valence-electron chi connectivity index (χ1n) is 8.22. The summed E-state index contributed by atoms with van der Waals surface area (Å²) in [4.78, 5) is 14.0. The predicted molar refractivity (Wildman–Crippen MR) is 90.2 cm³/mol. The quantitative estimate of drug-likeness (QED) is 0.921. The number of ether oxygens (including phenoxy) is 1. The first-order chi connectivity index (χ1) is 11.1. The second-order valence-electron chi connectivity index (χ2n) is 6.42. The van der Waals surface area contributed by atoms with Gasteiger partial charge in [0.15, 0.2) is 0 Å². The molecule has 1 aromatic carbocycles. The summed E-state index contributed by atoms with van der Waals surface area (Å²) in [5.41, 5.74) is 2.49. The Morgan fingerprint density at radius 1 is 1.26 bits per heavy atom. The lowest BCUT2D eigenvalue weighted by atomic mass is 9.98. The standard InChI is InChI=1S/C18H24N2O3/c1-13(2)14-11-16(18(21)22)15-3-4-20(17(15)12-14)6-5-19-7-9-23-10-8-19/h3-4,11-13H,5-10H2,1-2H3,(H,21,22). The van der Waals surface area contributed by atoms with Crippen LogP contribution in [0.15, 0.2) is 24.4 Å². The highest BCUT2D eigenvalue weighted by molar-refractivity contribution is 6.03. The van der Waals surface area contributed by atoms with E-state index in [0.717, 1.165) is 55.9 Å². The summed E-state index contributed by atoms with van der Waals surface area (Å²) < 4.78 is 7.55. The lowest BCUT2D eigenvalue weighted by molar-refractivity contribution is 0.0365. The molecule has 0 atom stereocenters. The van der Waals surface area contributed by atoms with Gasteiger partial charge < -0.3 is 14.4 Å². The molecule has 3 rings (SSSR count). The highest BCUT2D eigenvalue weighted by Gasteiger charge is 2.16. The fourth-order valence-corrected chi connectivity index (χ4v) is 3.10. The fourth-order valence-electron chi connectivity index (χ4n) is 3.10. The van der Waals surface area contributed by atoms with Crippen molar-refractivity contribution in [2.45, 2.75) is 26.3 Å². The molecule has 1 aliphatic rings. The van der Waals surface area contributed by atoms with E-state index in [0.29, 0.717) is 11.5 Å². The number of morpholine rings is 1. The molecule has 23 heavy (non-hydrogen) atoms. The maximum Gasteiger partial charge on any atom is 0.336 e. The van der Waals surface area contributed by atoms with E-state index in [1.807, 2.05) is 18.3 Å². The number of carboxylic acid groups (broad SMARTS) is 1. The molecule has 5 heteroatoms. The number of aromatic nitrogens is 1. The van der Waals surface area contributed by atoms with Crippen molar-refractivity contribution in [1.29, 1.82) is 0 Å². The van der Waals surface area contributed by atoms with E-state index in [1.165, 1.54) is 0 Å². The van der Waals surface area contributed by atoms with Gasteiger partial charge in [-0.1, -0.05) is 13.8 Å². The molecular formula is C18H24N2O3. The summed E-state index contributed by atoms with van der Waals surface area (Å²) in [6.45, 7) is 9.54. The molecule has 0 aliphatic carbocycles. The van der Waals surface area contributed by atoms with Crippen molar-refractivity contribution in [1.82, 2.24) is 9.47 Å². The Morgan fingerprint density at radius 3 is 2.65 bits per heavy atom. The maximum absolute atomic E-state index is 11.6. The molecule has 0 unspecified atom stereocenters. The summed E-state index contributed by atoms with van der Waals surface area (Å²) in [7, 11) is 0. The van der Waals surface area contributed by atoms with Crippen LogP contribution < -0.4 is 0 Å². The van der Waals surface area contributed by atoms with Crippen LogP contribution in [0.4, 0.5) is 0 Å². The molecule has 1 fully saturated rings. The molecule has 0 radical (unpaired) electrons. The Kier molecular flexibility index (Phi) is 4.68. The Labute approximate surface area is 136 Å². The lowest BCUT2D eigenvalue weighted by Crippen LogP contribution is -2.38. The zero-order chi connectivity index (χ0) is 16.4. The molecule has 1 aromatic heterocycles. The van der Waals surface area contributed by atoms with Crippen molar-refractivity contribution in [3.8, 4) is 0 Å². The number of hydrogen-bond donors (Lipinski definition) is 1. The minimum atomic E-state index is -0.858. The summed E-state index contributed by atoms with van der Waals surface area (Å²) >= 11 is 0. The molecule has 0 spiro atoms. The van der Waals surface area contributed by atoms with Crippen LogP contribution in [0.1, 0.15) is 35.7 Å². The fraction of sp³-hybridized carbons (Fsp3) is 0.500. The van der Waals surface area contributed by atoms with Gasteiger partial charge in [-0.3, -0.25) is 4.90 Å². The molecule has 1 saturated heterocycles. The van der Waals surface area contributed by atoms with Gasteiger partial charge >= 0.3 is 5.97 Å². The van der Waals surface area contributed by atoms with Crippen LogP contribution in [0.25, 0.3) is 10.9 Å². The van der Waals surface area contributed by atoms with Gasteiger partial charge in [-0.2, -0.15) is 0 Å². The van der Waals surface area contributed by atoms with E-state index < -0.39 is 5.97 Å². The number of carboxylic acids is 1. The van der Waals surface area contributed by atoms with Crippen molar-refractivity contribution < 1.29 is 14.6 Å². The van der Waals surface area contributed by atoms with Gasteiger partial charge in [0.05, 0.1) is 18.8 Å². The number of carbonyl (C=O) groups is 1. The molecule has 0 amide bonds. The molecule has 1 N–H and O–H groups in total. The van der Waals surface area contributed by atoms with E-state index in [9.17, 15) is 9.90 Å². The second kappa shape index (κ2) is 6.72. The largest absolute Gasteiger partial charge is 0.478 e. The van der Waals surface area contributed by atoms with Crippen LogP contribution in [0.3, 0.4) is 0 Å². The lowest BCUT2D eigenvalue weighted by Gasteiger charge is -2.26. The predicted octanol–water partition coefficient (Wildman–Crippen LogP) is 2.80. The van der Waals surface area contributed by atoms with Crippen LogP contribution in [0.2, 0.25) is 0 Å². The number of hydrogen-bond acceptors (Lipinski definition) is 3. The summed E-state index contributed by atoms with van der Waals surface area (Å²) in [5, 5.41) is 10.3. The molecular weight excluding hydrogens is 292 g/mol. The van der Waals surface area contributed by atoms with Crippen LogP contribution in [0, 0.1) is 0 Å². The minimum absolute atomic E-state index is 0.306. The van der Waals surface area contributed by atoms with Gasteiger partial charge in [-0.25, -0.2) is 4.79 Å². The minimum Gasteiger partial charge on any atom is -0.478 e. The van der Waals surface area contributed by atoms with Gasteiger partial charge in [0, 0.05) is 43.3 Å². The average Bonchev–Trinajstić information content (AvgIpc) is 2.95. The van der Waals surface area contributed by atoms with E-state index in [2.05, 4.69) is 29.4 Å². The van der Waals surface area contributed by atoms with Gasteiger partial charge in [-0.15, -0.1) is 0 Å². The van der Waals surface area contributed by atoms with Crippen molar-refractivity contribution >= 4 is 16.9 Å². The van der Waals surface area contributed by atoms with Gasteiger partial charge in [0.25, 0.3) is 0 Å². The molecule has 5 nitrogen and oxygen atoms in total. The van der Waals surface area contributed by atoms with E-state index >= 15 is 0 Å². The van der Waals surface area contributed by atoms with E-state index in [4.69, 9.17) is 4.74 Å². The normalized spacial score (nSPS) is 16.3.